The molecule has 0 spiro atoms. The second-order valence-electron chi connectivity index (χ2n) is 4.00. The molecule has 0 fully saturated rings. The lowest BCUT2D eigenvalue weighted by atomic mass is 10.1. The number of rotatable bonds is 8. The van der Waals surface area contributed by atoms with E-state index in [-0.39, 0.29) is 29.7 Å². The summed E-state index contributed by atoms with van der Waals surface area (Å²) in [4.78, 5) is 38.9. The zero-order chi connectivity index (χ0) is 14.3. The number of nitrogens with one attached hydrogen (secondary N) is 2. The van der Waals surface area contributed by atoms with Crippen LogP contribution in [0, 0.1) is 0 Å². The van der Waals surface area contributed by atoms with Crippen LogP contribution < -0.4 is 5.69 Å². The summed E-state index contributed by atoms with van der Waals surface area (Å²) in [6.07, 6.45) is 1.70. The first-order valence-corrected chi connectivity index (χ1v) is 6.67. The van der Waals surface area contributed by atoms with Crippen molar-refractivity contribution < 1.29 is 14.3 Å². The van der Waals surface area contributed by atoms with Crippen molar-refractivity contribution in [2.24, 2.45) is 0 Å². The average molecular weight is 289 g/mol. The third-order valence-electron chi connectivity index (χ3n) is 2.56. The molecular formula is C12H17ClN2O4. The van der Waals surface area contributed by atoms with Crippen molar-refractivity contribution in [2.75, 3.05) is 6.61 Å². The van der Waals surface area contributed by atoms with Gasteiger partial charge in [-0.15, -0.1) is 11.6 Å². The molecule has 0 bridgehead atoms. The highest BCUT2D eigenvalue weighted by Gasteiger charge is 2.14. The van der Waals surface area contributed by atoms with Gasteiger partial charge in [0.2, 0.25) is 0 Å². The normalized spacial score (nSPS) is 10.4. The number of alkyl halides is 1. The molecule has 19 heavy (non-hydrogen) atoms. The first-order chi connectivity index (χ1) is 9.08. The van der Waals surface area contributed by atoms with E-state index in [1.807, 2.05) is 0 Å². The van der Waals surface area contributed by atoms with Gasteiger partial charge in [-0.25, -0.2) is 4.79 Å². The van der Waals surface area contributed by atoms with E-state index in [9.17, 15) is 14.4 Å². The molecule has 0 aliphatic heterocycles. The fourth-order valence-electron chi connectivity index (χ4n) is 1.67. The molecule has 0 amide bonds. The molecule has 7 heteroatoms. The Hall–Kier alpha value is -1.56. The summed E-state index contributed by atoms with van der Waals surface area (Å²) in [5.41, 5.74) is 0.198. The number of carbonyl (C=O) groups excluding carboxylic acids is 2. The molecule has 0 radical (unpaired) electrons. The SMILES string of the molecule is CCOC(=O)CCCCC(=O)c1[nH]c(=O)[nH]c1CCl. The number of halogens is 1. The number of Topliss-reactive ketones (excluding diaryl/α,β-unsaturated/α-hetero) is 1. The number of unbranched alkanes of at least 4 members (excludes halogenated alkanes) is 1. The van der Waals surface area contributed by atoms with Gasteiger partial charge in [-0.05, 0) is 19.8 Å². The second-order valence-corrected chi connectivity index (χ2v) is 4.27. The maximum absolute atomic E-state index is 11.8. The lowest BCUT2D eigenvalue weighted by Gasteiger charge is -2.02. The number of aromatic amines is 2. The molecule has 0 aliphatic rings. The van der Waals surface area contributed by atoms with Gasteiger partial charge in [-0.1, -0.05) is 0 Å². The van der Waals surface area contributed by atoms with E-state index in [0.29, 0.717) is 31.6 Å². The Bertz CT molecular complexity index is 492. The molecule has 1 rings (SSSR count). The maximum atomic E-state index is 11.8. The van der Waals surface area contributed by atoms with Gasteiger partial charge in [0.05, 0.1) is 18.2 Å². The van der Waals surface area contributed by atoms with Crippen molar-refractivity contribution in [1.29, 1.82) is 0 Å². The largest absolute Gasteiger partial charge is 0.466 e. The van der Waals surface area contributed by atoms with Crippen LogP contribution in [-0.4, -0.2) is 28.3 Å². The number of imidazole rings is 1. The number of hydrogen-bond donors (Lipinski definition) is 2. The predicted molar refractivity (Wildman–Crippen MR) is 70.4 cm³/mol. The molecule has 1 heterocycles. The highest BCUT2D eigenvalue weighted by molar-refractivity contribution is 6.17. The summed E-state index contributed by atoms with van der Waals surface area (Å²) in [5.74, 6) is -0.368. The number of carbonyl (C=O) groups is 2. The standard InChI is InChI=1S/C12H17ClN2O4/c1-2-19-10(17)6-4-3-5-9(16)11-8(7-13)14-12(18)15-11/h2-7H2,1H3,(H2,14,15,18). The first-order valence-electron chi connectivity index (χ1n) is 6.14. The summed E-state index contributed by atoms with van der Waals surface area (Å²) in [7, 11) is 0. The molecular weight excluding hydrogens is 272 g/mol. The van der Waals surface area contributed by atoms with Crippen molar-refractivity contribution in [3.63, 3.8) is 0 Å². The molecule has 2 N–H and O–H groups in total. The van der Waals surface area contributed by atoms with Crippen LogP contribution in [-0.2, 0) is 15.4 Å². The van der Waals surface area contributed by atoms with Crippen LogP contribution in [0.25, 0.3) is 0 Å². The fourth-order valence-corrected chi connectivity index (χ4v) is 1.87. The van der Waals surface area contributed by atoms with Crippen LogP contribution in [0.15, 0.2) is 4.79 Å². The summed E-state index contributed by atoms with van der Waals surface area (Å²) in [6, 6.07) is 0. The lowest BCUT2D eigenvalue weighted by molar-refractivity contribution is -0.143. The van der Waals surface area contributed by atoms with Crippen molar-refractivity contribution in [3.8, 4) is 0 Å². The van der Waals surface area contributed by atoms with Gasteiger partial charge >= 0.3 is 11.7 Å². The van der Waals surface area contributed by atoms with Gasteiger partial charge in [-0.3, -0.25) is 9.59 Å². The number of ketones is 1. The molecule has 1 aromatic heterocycles. The van der Waals surface area contributed by atoms with E-state index in [1.165, 1.54) is 0 Å². The van der Waals surface area contributed by atoms with E-state index in [0.717, 1.165) is 0 Å². The van der Waals surface area contributed by atoms with E-state index < -0.39 is 5.69 Å². The average Bonchev–Trinajstić information content (AvgIpc) is 2.76. The Morgan fingerprint density at radius 1 is 1.21 bits per heavy atom. The smallest absolute Gasteiger partial charge is 0.323 e. The lowest BCUT2D eigenvalue weighted by Crippen LogP contribution is -2.07. The molecule has 0 atom stereocenters. The van der Waals surface area contributed by atoms with E-state index in [2.05, 4.69) is 9.97 Å². The number of aromatic nitrogens is 2. The summed E-state index contributed by atoms with van der Waals surface area (Å²) < 4.78 is 4.78. The highest BCUT2D eigenvalue weighted by atomic mass is 35.5. The van der Waals surface area contributed by atoms with Gasteiger partial charge in [-0.2, -0.15) is 0 Å². The zero-order valence-corrected chi connectivity index (χ0v) is 11.5. The second kappa shape index (κ2) is 7.78. The molecule has 0 unspecified atom stereocenters. The Morgan fingerprint density at radius 2 is 1.89 bits per heavy atom. The molecule has 0 aromatic carbocycles. The first kappa shape index (κ1) is 15.5. The Morgan fingerprint density at radius 3 is 2.53 bits per heavy atom. The Labute approximate surface area is 115 Å². The minimum absolute atomic E-state index is 0.0721. The number of hydrogen-bond acceptors (Lipinski definition) is 4. The summed E-state index contributed by atoms with van der Waals surface area (Å²) in [6.45, 7) is 2.11. The van der Waals surface area contributed by atoms with Crippen LogP contribution >= 0.6 is 11.6 Å². The van der Waals surface area contributed by atoms with Crippen LogP contribution in [0.2, 0.25) is 0 Å². The van der Waals surface area contributed by atoms with E-state index in [4.69, 9.17) is 16.3 Å². The van der Waals surface area contributed by atoms with E-state index >= 15 is 0 Å². The highest BCUT2D eigenvalue weighted by Crippen LogP contribution is 2.10. The number of esters is 1. The van der Waals surface area contributed by atoms with Crippen molar-refractivity contribution >= 4 is 23.4 Å². The quantitative estimate of drug-likeness (QED) is 0.330. The molecule has 6 nitrogen and oxygen atoms in total. The Kier molecular flexibility index (Phi) is 6.35. The molecule has 0 saturated carbocycles. The van der Waals surface area contributed by atoms with Crippen molar-refractivity contribution in [2.45, 2.75) is 38.5 Å². The third kappa shape index (κ3) is 4.90. The topological polar surface area (TPSA) is 92.0 Å². The van der Waals surface area contributed by atoms with Gasteiger partial charge in [0.1, 0.15) is 5.69 Å². The van der Waals surface area contributed by atoms with Crippen LogP contribution in [0.5, 0.6) is 0 Å². The predicted octanol–water partition coefficient (Wildman–Crippen LogP) is 1.75. The van der Waals surface area contributed by atoms with Crippen LogP contribution in [0.3, 0.4) is 0 Å². The monoisotopic (exact) mass is 288 g/mol. The maximum Gasteiger partial charge on any atom is 0.323 e. The van der Waals surface area contributed by atoms with Gasteiger partial charge in [0.15, 0.2) is 5.78 Å². The third-order valence-corrected chi connectivity index (χ3v) is 2.82. The minimum atomic E-state index is -0.439. The van der Waals surface area contributed by atoms with Gasteiger partial charge in [0.25, 0.3) is 0 Å². The fraction of sp³-hybridized carbons (Fsp3) is 0.583. The van der Waals surface area contributed by atoms with Gasteiger partial charge < -0.3 is 14.7 Å². The number of ether oxygens (including phenoxy) is 1. The zero-order valence-electron chi connectivity index (χ0n) is 10.8. The summed E-state index contributed by atoms with van der Waals surface area (Å²) in [5, 5.41) is 0. The minimum Gasteiger partial charge on any atom is -0.466 e. The van der Waals surface area contributed by atoms with Gasteiger partial charge in [0, 0.05) is 12.8 Å². The summed E-state index contributed by atoms with van der Waals surface area (Å²) >= 11 is 5.62. The van der Waals surface area contributed by atoms with Crippen molar-refractivity contribution in [3.05, 3.63) is 21.9 Å². The molecule has 0 saturated heterocycles. The molecule has 0 aliphatic carbocycles. The van der Waals surface area contributed by atoms with Crippen LogP contribution in [0.4, 0.5) is 0 Å². The van der Waals surface area contributed by atoms with Crippen LogP contribution in [0.1, 0.15) is 48.8 Å². The molecule has 106 valence electrons. The Balaban J connectivity index is 2.39. The molecule has 1 aromatic rings. The number of H-pyrrole nitrogens is 2. The van der Waals surface area contributed by atoms with E-state index in [1.54, 1.807) is 6.92 Å². The van der Waals surface area contributed by atoms with Crippen molar-refractivity contribution in [1.82, 2.24) is 9.97 Å².